The minimum Gasteiger partial charge on any atom is -0.454 e. The molecule has 7 nitrogen and oxygen atoms in total. The van der Waals surface area contributed by atoms with Crippen molar-refractivity contribution in [3.05, 3.63) is 47.5 Å². The number of nitrogens with zero attached hydrogens (tertiary/aromatic N) is 2. The molecule has 3 aromatic rings. The standard InChI is InChI=1S/C18H14ClN3O4S/c19-12-2-4-13(5-3-12)27-8-7-16(23)20-18-22-21-17(26-18)11-1-6-14-15(9-11)25-10-24-14/h1-6,9H,7-8,10H2,(H,20,22,23). The van der Waals surface area contributed by atoms with Crippen LogP contribution in [0.15, 0.2) is 51.8 Å². The zero-order chi connectivity index (χ0) is 18.6. The number of carbonyl (C=O) groups is 1. The molecule has 2 heterocycles. The molecule has 1 aliphatic heterocycles. The molecule has 1 aromatic heterocycles. The van der Waals surface area contributed by atoms with Gasteiger partial charge in [0.2, 0.25) is 18.6 Å². The number of amides is 1. The van der Waals surface area contributed by atoms with Gasteiger partial charge in [-0.25, -0.2) is 0 Å². The van der Waals surface area contributed by atoms with Crippen LogP contribution in [0.2, 0.25) is 5.02 Å². The number of benzene rings is 2. The first-order valence-corrected chi connectivity index (χ1v) is 9.45. The molecule has 2 aromatic carbocycles. The van der Waals surface area contributed by atoms with Gasteiger partial charge in [-0.05, 0) is 42.5 Å². The van der Waals surface area contributed by atoms with Crippen LogP contribution in [0.1, 0.15) is 6.42 Å². The lowest BCUT2D eigenvalue weighted by Crippen LogP contribution is -2.12. The van der Waals surface area contributed by atoms with Crippen LogP contribution in [0, 0.1) is 0 Å². The Morgan fingerprint density at radius 1 is 1.11 bits per heavy atom. The van der Waals surface area contributed by atoms with Crippen LogP contribution >= 0.6 is 23.4 Å². The highest BCUT2D eigenvalue weighted by atomic mass is 35.5. The number of fused-ring (bicyclic) bond motifs is 1. The van der Waals surface area contributed by atoms with E-state index in [-0.39, 0.29) is 18.7 Å². The maximum absolute atomic E-state index is 12.0. The Bertz CT molecular complexity index is 961. The van der Waals surface area contributed by atoms with Crippen molar-refractivity contribution in [3.63, 3.8) is 0 Å². The highest BCUT2D eigenvalue weighted by Crippen LogP contribution is 2.35. The zero-order valence-electron chi connectivity index (χ0n) is 14.0. The summed E-state index contributed by atoms with van der Waals surface area (Å²) in [4.78, 5) is 13.1. The molecule has 0 aliphatic carbocycles. The van der Waals surface area contributed by atoms with Crippen molar-refractivity contribution in [2.75, 3.05) is 17.9 Å². The molecular weight excluding hydrogens is 390 g/mol. The van der Waals surface area contributed by atoms with Crippen molar-refractivity contribution in [1.29, 1.82) is 0 Å². The lowest BCUT2D eigenvalue weighted by molar-refractivity contribution is -0.115. The van der Waals surface area contributed by atoms with E-state index in [2.05, 4.69) is 15.5 Å². The van der Waals surface area contributed by atoms with E-state index in [4.69, 9.17) is 25.5 Å². The first-order chi connectivity index (χ1) is 13.2. The van der Waals surface area contributed by atoms with Crippen LogP contribution in [0.4, 0.5) is 6.01 Å². The molecule has 4 rings (SSSR count). The number of thioether (sulfide) groups is 1. The van der Waals surface area contributed by atoms with Crippen molar-refractivity contribution in [2.24, 2.45) is 0 Å². The molecule has 1 aliphatic rings. The molecule has 0 unspecified atom stereocenters. The third-order valence-corrected chi connectivity index (χ3v) is 4.97. The Hall–Kier alpha value is -2.71. The van der Waals surface area contributed by atoms with Crippen LogP contribution in [0.5, 0.6) is 11.5 Å². The number of nitrogens with one attached hydrogen (secondary N) is 1. The molecule has 9 heteroatoms. The second-order valence-corrected chi connectivity index (χ2v) is 7.19. The third-order valence-electron chi connectivity index (χ3n) is 3.70. The van der Waals surface area contributed by atoms with Gasteiger partial charge in [-0.3, -0.25) is 10.1 Å². The quantitative estimate of drug-likeness (QED) is 0.616. The largest absolute Gasteiger partial charge is 0.454 e. The van der Waals surface area contributed by atoms with E-state index in [1.807, 2.05) is 24.3 Å². The Balaban J connectivity index is 1.31. The lowest BCUT2D eigenvalue weighted by Gasteiger charge is -2.02. The topological polar surface area (TPSA) is 86.5 Å². The van der Waals surface area contributed by atoms with Gasteiger partial charge in [0.1, 0.15) is 0 Å². The summed E-state index contributed by atoms with van der Waals surface area (Å²) < 4.78 is 16.1. The highest BCUT2D eigenvalue weighted by Gasteiger charge is 2.17. The Morgan fingerprint density at radius 2 is 1.93 bits per heavy atom. The number of hydrogen-bond acceptors (Lipinski definition) is 7. The van der Waals surface area contributed by atoms with E-state index >= 15 is 0 Å². The number of halogens is 1. The second-order valence-electron chi connectivity index (χ2n) is 5.58. The van der Waals surface area contributed by atoms with Crippen LogP contribution in [0.3, 0.4) is 0 Å². The van der Waals surface area contributed by atoms with Gasteiger partial charge in [0.05, 0.1) is 0 Å². The van der Waals surface area contributed by atoms with Gasteiger partial charge in [0.25, 0.3) is 0 Å². The predicted molar refractivity (Wildman–Crippen MR) is 101 cm³/mol. The zero-order valence-corrected chi connectivity index (χ0v) is 15.5. The average Bonchev–Trinajstić information content (AvgIpc) is 3.32. The number of ether oxygens (including phenoxy) is 2. The second kappa shape index (κ2) is 7.89. The van der Waals surface area contributed by atoms with Crippen molar-refractivity contribution in [2.45, 2.75) is 11.3 Å². The van der Waals surface area contributed by atoms with Gasteiger partial charge in [-0.15, -0.1) is 16.9 Å². The molecule has 1 amide bonds. The van der Waals surface area contributed by atoms with Gasteiger partial charge >= 0.3 is 6.01 Å². The predicted octanol–water partition coefficient (Wildman–Crippen LogP) is 4.24. The van der Waals surface area contributed by atoms with Crippen molar-refractivity contribution in [1.82, 2.24) is 10.2 Å². The Labute approximate surface area is 164 Å². The van der Waals surface area contributed by atoms with Gasteiger partial charge < -0.3 is 13.9 Å². The Morgan fingerprint density at radius 3 is 2.78 bits per heavy atom. The Kier molecular flexibility index (Phi) is 5.17. The van der Waals surface area contributed by atoms with Crippen molar-refractivity contribution < 1.29 is 18.7 Å². The number of aromatic nitrogens is 2. The van der Waals surface area contributed by atoms with Crippen molar-refractivity contribution in [3.8, 4) is 23.0 Å². The summed E-state index contributed by atoms with van der Waals surface area (Å²) in [7, 11) is 0. The van der Waals surface area contributed by atoms with Gasteiger partial charge in [-0.2, -0.15) is 0 Å². The van der Waals surface area contributed by atoms with Crippen LogP contribution < -0.4 is 14.8 Å². The fraction of sp³-hybridized carbons (Fsp3) is 0.167. The van der Waals surface area contributed by atoms with E-state index in [0.717, 1.165) is 4.90 Å². The molecule has 0 bridgehead atoms. The monoisotopic (exact) mass is 403 g/mol. The van der Waals surface area contributed by atoms with E-state index in [1.54, 1.807) is 30.0 Å². The summed E-state index contributed by atoms with van der Waals surface area (Å²) in [6, 6.07) is 12.8. The number of anilines is 1. The van der Waals surface area contributed by atoms with Crippen LogP contribution in [0.25, 0.3) is 11.5 Å². The highest BCUT2D eigenvalue weighted by molar-refractivity contribution is 7.99. The average molecular weight is 404 g/mol. The minimum absolute atomic E-state index is 0.0594. The van der Waals surface area contributed by atoms with E-state index in [1.165, 1.54) is 0 Å². The van der Waals surface area contributed by atoms with E-state index in [0.29, 0.717) is 40.1 Å². The molecule has 0 atom stereocenters. The molecule has 0 spiro atoms. The molecule has 138 valence electrons. The summed E-state index contributed by atoms with van der Waals surface area (Å²) in [5.74, 6) is 2.01. The van der Waals surface area contributed by atoms with Crippen LogP contribution in [-0.4, -0.2) is 28.7 Å². The summed E-state index contributed by atoms with van der Waals surface area (Å²) >= 11 is 7.42. The van der Waals surface area contributed by atoms with Gasteiger partial charge in [-0.1, -0.05) is 16.7 Å². The molecule has 27 heavy (non-hydrogen) atoms. The molecule has 0 fully saturated rings. The first kappa shape index (κ1) is 17.7. The molecule has 1 N–H and O–H groups in total. The number of hydrogen-bond donors (Lipinski definition) is 1. The SMILES string of the molecule is O=C(CCSc1ccc(Cl)cc1)Nc1nnc(-c2ccc3c(c2)OCO3)o1. The fourth-order valence-electron chi connectivity index (χ4n) is 2.39. The van der Waals surface area contributed by atoms with E-state index < -0.39 is 0 Å². The first-order valence-electron chi connectivity index (χ1n) is 8.09. The number of carbonyl (C=O) groups excluding carboxylic acids is 1. The van der Waals surface area contributed by atoms with Gasteiger partial charge in [0, 0.05) is 27.7 Å². The van der Waals surface area contributed by atoms with Crippen molar-refractivity contribution >= 4 is 35.3 Å². The maximum Gasteiger partial charge on any atom is 0.322 e. The molecule has 0 radical (unpaired) electrons. The summed E-state index contributed by atoms with van der Waals surface area (Å²) in [5, 5.41) is 11.1. The summed E-state index contributed by atoms with van der Waals surface area (Å²) in [6.45, 7) is 0.192. The normalized spacial score (nSPS) is 12.2. The fourth-order valence-corrected chi connectivity index (χ4v) is 3.37. The van der Waals surface area contributed by atoms with E-state index in [9.17, 15) is 4.79 Å². The lowest BCUT2D eigenvalue weighted by atomic mass is 10.2. The summed E-state index contributed by atoms with van der Waals surface area (Å²) in [6.07, 6.45) is 0.315. The molecule has 0 saturated heterocycles. The molecular formula is C18H14ClN3O4S. The minimum atomic E-state index is -0.197. The maximum atomic E-state index is 12.0. The molecule has 0 saturated carbocycles. The number of rotatable bonds is 6. The summed E-state index contributed by atoms with van der Waals surface area (Å²) in [5.41, 5.74) is 0.686. The smallest absolute Gasteiger partial charge is 0.322 e. The van der Waals surface area contributed by atoms with Crippen LogP contribution in [-0.2, 0) is 4.79 Å². The van der Waals surface area contributed by atoms with Gasteiger partial charge in [0.15, 0.2) is 11.5 Å². The third kappa shape index (κ3) is 4.35.